The fourth-order valence-electron chi connectivity index (χ4n) is 2.03. The molecule has 7 heteroatoms. The number of hydrogen-bond acceptors (Lipinski definition) is 2. The van der Waals surface area contributed by atoms with E-state index in [1.165, 1.54) is 30.3 Å². The fourth-order valence-corrected chi connectivity index (χ4v) is 2.33. The molecule has 0 aliphatic rings. The lowest BCUT2D eigenvalue weighted by Crippen LogP contribution is -2.38. The van der Waals surface area contributed by atoms with E-state index in [1.54, 1.807) is 19.1 Å². The number of carbonyl (C=O) groups excluding carboxylic acids is 2. The van der Waals surface area contributed by atoms with Crippen LogP contribution >= 0.6 is 23.2 Å². The molecule has 4 nitrogen and oxygen atoms in total. The molecule has 2 aromatic carbocycles. The van der Waals surface area contributed by atoms with Crippen LogP contribution in [0.4, 0.5) is 4.39 Å². The van der Waals surface area contributed by atoms with E-state index < -0.39 is 5.91 Å². The molecule has 2 N–H and O–H groups in total. The molecule has 0 fully saturated rings. The summed E-state index contributed by atoms with van der Waals surface area (Å²) in [6.45, 7) is 1.58. The van der Waals surface area contributed by atoms with Crippen LogP contribution in [0, 0.1) is 5.82 Å². The zero-order valence-electron chi connectivity index (χ0n) is 12.8. The second-order valence-corrected chi connectivity index (χ2v) is 5.97. The second-order valence-electron chi connectivity index (χ2n) is 5.15. The lowest BCUT2D eigenvalue weighted by molar-refractivity contribution is -0.120. The summed E-state index contributed by atoms with van der Waals surface area (Å²) in [5, 5.41) is 5.83. The molecular formula is C17H15Cl2FN2O2. The van der Waals surface area contributed by atoms with Crippen molar-refractivity contribution in [1.29, 1.82) is 0 Å². The van der Waals surface area contributed by atoms with Gasteiger partial charge in [-0.2, -0.15) is 0 Å². The van der Waals surface area contributed by atoms with Crippen LogP contribution in [0.15, 0.2) is 42.5 Å². The van der Waals surface area contributed by atoms with Gasteiger partial charge in [-0.05, 0) is 42.8 Å². The van der Waals surface area contributed by atoms with Gasteiger partial charge in [0.15, 0.2) is 0 Å². The normalized spacial score (nSPS) is 11.7. The largest absolute Gasteiger partial charge is 0.348 e. The topological polar surface area (TPSA) is 58.2 Å². The van der Waals surface area contributed by atoms with Crippen molar-refractivity contribution in [2.24, 2.45) is 0 Å². The molecule has 1 unspecified atom stereocenters. The van der Waals surface area contributed by atoms with Gasteiger partial charge in [-0.25, -0.2) is 4.39 Å². The summed E-state index contributed by atoms with van der Waals surface area (Å²) >= 11 is 11.6. The minimum absolute atomic E-state index is 0.190. The third-order valence-corrected chi connectivity index (χ3v) is 4.08. The summed E-state index contributed by atoms with van der Waals surface area (Å²) in [5.41, 5.74) is 1.07. The van der Waals surface area contributed by atoms with Gasteiger partial charge in [0.2, 0.25) is 5.91 Å². The number of carbonyl (C=O) groups is 2. The van der Waals surface area contributed by atoms with Crippen LogP contribution in [0.3, 0.4) is 0 Å². The van der Waals surface area contributed by atoms with Gasteiger partial charge in [0.25, 0.3) is 5.91 Å². The van der Waals surface area contributed by atoms with Gasteiger partial charge in [0, 0.05) is 5.56 Å². The highest BCUT2D eigenvalue weighted by atomic mass is 35.5. The van der Waals surface area contributed by atoms with Crippen molar-refractivity contribution >= 4 is 35.0 Å². The number of benzene rings is 2. The van der Waals surface area contributed by atoms with Crippen LogP contribution in [0.2, 0.25) is 10.0 Å². The highest BCUT2D eigenvalue weighted by Gasteiger charge is 2.12. The molecule has 0 bridgehead atoms. The van der Waals surface area contributed by atoms with Gasteiger partial charge in [-0.1, -0.05) is 35.3 Å². The molecule has 0 saturated heterocycles. The van der Waals surface area contributed by atoms with E-state index in [9.17, 15) is 14.0 Å². The number of hydrogen-bond donors (Lipinski definition) is 2. The van der Waals surface area contributed by atoms with Gasteiger partial charge in [-0.3, -0.25) is 9.59 Å². The molecule has 0 aliphatic carbocycles. The van der Waals surface area contributed by atoms with E-state index in [4.69, 9.17) is 23.2 Å². The van der Waals surface area contributed by atoms with E-state index in [0.717, 1.165) is 5.56 Å². The van der Waals surface area contributed by atoms with Crippen molar-refractivity contribution in [3.8, 4) is 0 Å². The number of halogens is 3. The van der Waals surface area contributed by atoms with E-state index in [0.29, 0.717) is 10.6 Å². The Balaban J connectivity index is 1.87. The maximum absolute atomic E-state index is 12.9. The van der Waals surface area contributed by atoms with Crippen molar-refractivity contribution in [1.82, 2.24) is 10.6 Å². The minimum Gasteiger partial charge on any atom is -0.348 e. The molecule has 0 heterocycles. The van der Waals surface area contributed by atoms with E-state index >= 15 is 0 Å². The first-order chi connectivity index (χ1) is 11.4. The predicted molar refractivity (Wildman–Crippen MR) is 91.8 cm³/mol. The average molecular weight is 369 g/mol. The molecular weight excluding hydrogens is 354 g/mol. The summed E-state index contributed by atoms with van der Waals surface area (Å²) in [7, 11) is 0. The van der Waals surface area contributed by atoms with Crippen molar-refractivity contribution in [2.75, 3.05) is 6.54 Å². The quantitative estimate of drug-likeness (QED) is 0.844. The summed E-state index contributed by atoms with van der Waals surface area (Å²) < 4.78 is 12.9. The lowest BCUT2D eigenvalue weighted by Gasteiger charge is -2.14. The smallest absolute Gasteiger partial charge is 0.251 e. The standard InChI is InChI=1S/C17H15Cl2FN2O2/c1-10(11-2-5-13(20)6-3-11)22-16(23)9-21-17(24)12-4-7-14(18)15(19)8-12/h2-8,10H,9H2,1H3,(H,21,24)(H,22,23). The van der Waals surface area contributed by atoms with Gasteiger partial charge in [-0.15, -0.1) is 0 Å². The van der Waals surface area contributed by atoms with E-state index in [1.807, 2.05) is 0 Å². The maximum atomic E-state index is 12.9. The van der Waals surface area contributed by atoms with Gasteiger partial charge in [0.05, 0.1) is 22.6 Å². The Hall–Kier alpha value is -2.11. The molecule has 0 aromatic heterocycles. The molecule has 0 radical (unpaired) electrons. The Morgan fingerprint density at radius 3 is 2.38 bits per heavy atom. The molecule has 2 aromatic rings. The van der Waals surface area contributed by atoms with Crippen LogP contribution in [0.5, 0.6) is 0 Å². The van der Waals surface area contributed by atoms with Crippen molar-refractivity contribution < 1.29 is 14.0 Å². The first-order valence-electron chi connectivity index (χ1n) is 7.15. The molecule has 0 spiro atoms. The second kappa shape index (κ2) is 8.13. The van der Waals surface area contributed by atoms with E-state index in [-0.39, 0.29) is 29.3 Å². The minimum atomic E-state index is -0.432. The van der Waals surface area contributed by atoms with Crippen molar-refractivity contribution in [3.05, 3.63) is 69.5 Å². The Morgan fingerprint density at radius 1 is 1.08 bits per heavy atom. The third-order valence-electron chi connectivity index (χ3n) is 3.34. The SMILES string of the molecule is CC(NC(=O)CNC(=O)c1ccc(Cl)c(Cl)c1)c1ccc(F)cc1. The Morgan fingerprint density at radius 2 is 1.75 bits per heavy atom. The maximum Gasteiger partial charge on any atom is 0.251 e. The first kappa shape index (κ1) is 18.2. The van der Waals surface area contributed by atoms with Crippen LogP contribution < -0.4 is 10.6 Å². The zero-order valence-corrected chi connectivity index (χ0v) is 14.3. The highest BCUT2D eigenvalue weighted by molar-refractivity contribution is 6.42. The van der Waals surface area contributed by atoms with Gasteiger partial charge < -0.3 is 10.6 Å². The van der Waals surface area contributed by atoms with Crippen LogP contribution in [0.1, 0.15) is 28.9 Å². The van der Waals surface area contributed by atoms with Crippen LogP contribution in [-0.2, 0) is 4.79 Å². The Kier molecular flexibility index (Phi) is 6.17. The monoisotopic (exact) mass is 368 g/mol. The molecule has 2 rings (SSSR count). The zero-order chi connectivity index (χ0) is 17.7. The van der Waals surface area contributed by atoms with Crippen LogP contribution in [0.25, 0.3) is 0 Å². The van der Waals surface area contributed by atoms with Gasteiger partial charge in [0.1, 0.15) is 5.82 Å². The summed E-state index contributed by atoms with van der Waals surface area (Å²) in [6, 6.07) is 9.98. The average Bonchev–Trinajstić information content (AvgIpc) is 2.55. The number of rotatable bonds is 5. The first-order valence-corrected chi connectivity index (χ1v) is 7.90. The summed E-state index contributed by atoms with van der Waals surface area (Å²) in [4.78, 5) is 23.9. The van der Waals surface area contributed by atoms with Crippen molar-refractivity contribution in [2.45, 2.75) is 13.0 Å². The van der Waals surface area contributed by atoms with Crippen molar-refractivity contribution in [3.63, 3.8) is 0 Å². The van der Waals surface area contributed by atoms with Crippen LogP contribution in [-0.4, -0.2) is 18.4 Å². The number of nitrogens with one attached hydrogen (secondary N) is 2. The molecule has 0 aliphatic heterocycles. The lowest BCUT2D eigenvalue weighted by atomic mass is 10.1. The predicted octanol–water partition coefficient (Wildman–Crippen LogP) is 3.74. The third kappa shape index (κ3) is 4.94. The number of amides is 2. The molecule has 0 saturated carbocycles. The fraction of sp³-hybridized carbons (Fsp3) is 0.176. The molecule has 2 amide bonds. The van der Waals surface area contributed by atoms with Gasteiger partial charge >= 0.3 is 0 Å². The highest BCUT2D eigenvalue weighted by Crippen LogP contribution is 2.22. The Bertz CT molecular complexity index is 751. The molecule has 24 heavy (non-hydrogen) atoms. The summed E-state index contributed by atoms with van der Waals surface area (Å²) in [6.07, 6.45) is 0. The molecule has 1 atom stereocenters. The summed E-state index contributed by atoms with van der Waals surface area (Å²) in [5.74, 6) is -1.13. The Labute approximate surface area is 149 Å². The molecule has 126 valence electrons. The van der Waals surface area contributed by atoms with E-state index in [2.05, 4.69) is 10.6 Å².